The fraction of sp³-hybridized carbons (Fsp3) is 0.143. The molecule has 0 unspecified atom stereocenters. The van der Waals surface area contributed by atoms with Gasteiger partial charge in [-0.3, -0.25) is 4.72 Å². The minimum atomic E-state index is -5.72. The predicted molar refractivity (Wildman–Crippen MR) is 43.8 cm³/mol. The number of benzene rings is 1. The van der Waals surface area contributed by atoms with Gasteiger partial charge in [0.2, 0.25) is 0 Å². The van der Waals surface area contributed by atoms with E-state index in [9.17, 15) is 30.4 Å². The zero-order valence-corrected chi connectivity index (χ0v) is 8.09. The molecule has 1 radical (unpaired) electrons. The first-order valence-corrected chi connectivity index (χ1v) is 5.08. The minimum Gasteiger partial charge on any atom is -0.273 e. The predicted octanol–water partition coefficient (Wildman–Crippen LogP) is 2.03. The van der Waals surface area contributed by atoms with E-state index in [1.54, 1.807) is 0 Å². The summed E-state index contributed by atoms with van der Waals surface area (Å²) in [7, 11) is -5.72. The Hall–Kier alpha value is -1.38. The van der Waals surface area contributed by atoms with E-state index in [2.05, 4.69) is 0 Å². The van der Waals surface area contributed by atoms with Crippen molar-refractivity contribution in [1.29, 1.82) is 0 Å². The number of hydrogen-bond acceptors (Lipinski definition) is 2. The van der Waals surface area contributed by atoms with E-state index in [0.717, 1.165) is 4.72 Å². The first-order valence-electron chi connectivity index (χ1n) is 3.60. The van der Waals surface area contributed by atoms with Crippen LogP contribution in [0.3, 0.4) is 0 Å². The first-order chi connectivity index (χ1) is 7.13. The number of anilines is 1. The van der Waals surface area contributed by atoms with Gasteiger partial charge in [-0.1, -0.05) is 0 Å². The van der Waals surface area contributed by atoms with E-state index in [1.165, 1.54) is 6.07 Å². The van der Waals surface area contributed by atoms with Gasteiger partial charge in [-0.15, -0.1) is 0 Å². The molecular weight excluding hydrogens is 257 g/mol. The molecule has 0 aliphatic rings. The van der Waals surface area contributed by atoms with Gasteiger partial charge in [0.25, 0.3) is 0 Å². The zero-order valence-electron chi connectivity index (χ0n) is 7.27. The van der Waals surface area contributed by atoms with Crippen LogP contribution in [0, 0.1) is 17.7 Å². The topological polar surface area (TPSA) is 46.2 Å². The molecule has 0 aromatic heterocycles. The van der Waals surface area contributed by atoms with Gasteiger partial charge in [0, 0.05) is 0 Å². The van der Waals surface area contributed by atoms with Gasteiger partial charge in [-0.05, 0) is 12.1 Å². The van der Waals surface area contributed by atoms with Crippen molar-refractivity contribution in [2.45, 2.75) is 5.51 Å². The molecule has 0 spiro atoms. The highest BCUT2D eigenvalue weighted by atomic mass is 32.2. The molecule has 0 aliphatic carbocycles. The Labute approximate surface area is 86.9 Å². The summed E-state index contributed by atoms with van der Waals surface area (Å²) in [5, 5.41) is 0. The average Bonchev–Trinajstić information content (AvgIpc) is 2.08. The summed E-state index contributed by atoms with van der Waals surface area (Å²) in [6.45, 7) is 0. The van der Waals surface area contributed by atoms with E-state index in [1.807, 2.05) is 0 Å². The molecule has 0 fully saturated rings. The molecule has 0 bridgehead atoms. The van der Waals surface area contributed by atoms with Crippen molar-refractivity contribution in [1.82, 2.24) is 0 Å². The van der Waals surface area contributed by atoms with Crippen molar-refractivity contribution in [2.75, 3.05) is 4.72 Å². The molecule has 1 N–H and O–H groups in total. The molecule has 0 saturated carbocycles. The lowest BCUT2D eigenvalue weighted by Gasteiger charge is -2.10. The summed E-state index contributed by atoms with van der Waals surface area (Å²) in [6.07, 6.45) is 0. The van der Waals surface area contributed by atoms with Gasteiger partial charge in [0.15, 0.2) is 5.82 Å². The largest absolute Gasteiger partial charge is 0.516 e. The lowest BCUT2D eigenvalue weighted by Crippen LogP contribution is -2.30. The Morgan fingerprint density at radius 1 is 1.19 bits per heavy atom. The number of nitrogens with one attached hydrogen (secondary N) is 1. The lowest BCUT2D eigenvalue weighted by atomic mass is 10.3. The van der Waals surface area contributed by atoms with E-state index >= 15 is 0 Å². The fourth-order valence-electron chi connectivity index (χ4n) is 0.725. The Bertz CT molecular complexity index is 496. The van der Waals surface area contributed by atoms with Gasteiger partial charge in [0.1, 0.15) is 5.82 Å². The monoisotopic (exact) mass is 260 g/mol. The second-order valence-electron chi connectivity index (χ2n) is 2.59. The molecule has 0 aliphatic heterocycles. The molecule has 89 valence electrons. The summed E-state index contributed by atoms with van der Waals surface area (Å²) < 4.78 is 82.7. The zero-order chi connectivity index (χ0) is 12.6. The maximum absolute atomic E-state index is 12.8. The van der Waals surface area contributed by atoms with Crippen LogP contribution in [0.1, 0.15) is 0 Å². The summed E-state index contributed by atoms with van der Waals surface area (Å²) in [6, 6.07) is 2.47. The molecule has 0 amide bonds. The van der Waals surface area contributed by atoms with Crippen LogP contribution < -0.4 is 4.72 Å². The third-order valence-electron chi connectivity index (χ3n) is 1.41. The summed E-state index contributed by atoms with van der Waals surface area (Å²) in [4.78, 5) is 0. The van der Waals surface area contributed by atoms with Gasteiger partial charge in [-0.2, -0.15) is 21.6 Å². The SMILES string of the molecule is O=S(=O)(Nc1ccc(F)[c]c1F)C(F)(F)F. The van der Waals surface area contributed by atoms with Gasteiger partial charge >= 0.3 is 15.5 Å². The molecule has 0 atom stereocenters. The second-order valence-corrected chi connectivity index (χ2v) is 4.26. The summed E-state index contributed by atoms with van der Waals surface area (Å²) >= 11 is 0. The smallest absolute Gasteiger partial charge is 0.273 e. The van der Waals surface area contributed by atoms with Crippen LogP contribution >= 0.6 is 0 Å². The van der Waals surface area contributed by atoms with Crippen LogP contribution in [-0.4, -0.2) is 13.9 Å². The van der Waals surface area contributed by atoms with E-state index < -0.39 is 32.9 Å². The molecule has 16 heavy (non-hydrogen) atoms. The Morgan fingerprint density at radius 2 is 1.75 bits per heavy atom. The van der Waals surface area contributed by atoms with Crippen molar-refractivity contribution in [2.24, 2.45) is 0 Å². The number of hydrogen-bond donors (Lipinski definition) is 1. The number of halogens is 5. The standard InChI is InChI=1S/C7H3F5NO2S/c8-4-1-2-6(5(9)3-4)13-16(14,15)7(10,11)12/h1-2,13H. The van der Waals surface area contributed by atoms with Crippen molar-refractivity contribution in [3.8, 4) is 0 Å². The Kier molecular flexibility index (Phi) is 3.08. The lowest BCUT2D eigenvalue weighted by molar-refractivity contribution is -0.0429. The molecular formula is C7H3F5NO2S. The van der Waals surface area contributed by atoms with Crippen LogP contribution in [0.2, 0.25) is 0 Å². The van der Waals surface area contributed by atoms with Crippen molar-refractivity contribution in [3.63, 3.8) is 0 Å². The van der Waals surface area contributed by atoms with E-state index in [4.69, 9.17) is 0 Å². The Morgan fingerprint density at radius 3 is 2.19 bits per heavy atom. The van der Waals surface area contributed by atoms with Crippen LogP contribution in [0.15, 0.2) is 12.1 Å². The second kappa shape index (κ2) is 3.89. The summed E-state index contributed by atoms with van der Waals surface area (Å²) in [5.74, 6) is -2.72. The van der Waals surface area contributed by atoms with E-state index in [0.29, 0.717) is 12.1 Å². The number of alkyl halides is 3. The highest BCUT2D eigenvalue weighted by Gasteiger charge is 2.46. The van der Waals surface area contributed by atoms with Crippen LogP contribution in [0.5, 0.6) is 0 Å². The molecule has 0 saturated heterocycles. The maximum Gasteiger partial charge on any atom is 0.516 e. The molecule has 0 heterocycles. The molecule has 3 nitrogen and oxygen atoms in total. The number of sulfonamides is 1. The highest BCUT2D eigenvalue weighted by Crippen LogP contribution is 2.26. The van der Waals surface area contributed by atoms with Crippen LogP contribution in [-0.2, 0) is 10.0 Å². The minimum absolute atomic E-state index is 0.518. The molecule has 9 heteroatoms. The van der Waals surface area contributed by atoms with Crippen LogP contribution in [0.25, 0.3) is 0 Å². The van der Waals surface area contributed by atoms with Crippen LogP contribution in [0.4, 0.5) is 27.6 Å². The maximum atomic E-state index is 12.8. The number of rotatable bonds is 2. The van der Waals surface area contributed by atoms with Gasteiger partial charge < -0.3 is 0 Å². The molecule has 1 aromatic rings. The Balaban J connectivity index is 3.07. The van der Waals surface area contributed by atoms with Gasteiger partial charge in [-0.25, -0.2) is 8.78 Å². The van der Waals surface area contributed by atoms with Crippen molar-refractivity contribution in [3.05, 3.63) is 29.8 Å². The quantitative estimate of drug-likeness (QED) is 0.827. The summed E-state index contributed by atoms with van der Waals surface area (Å²) in [5.41, 5.74) is -6.60. The van der Waals surface area contributed by atoms with Crippen molar-refractivity contribution >= 4 is 15.7 Å². The average molecular weight is 260 g/mol. The molecule has 1 rings (SSSR count). The molecule has 1 aromatic carbocycles. The third kappa shape index (κ3) is 2.60. The first kappa shape index (κ1) is 12.7. The fourth-order valence-corrected chi connectivity index (χ4v) is 1.29. The van der Waals surface area contributed by atoms with E-state index in [-0.39, 0.29) is 0 Å². The van der Waals surface area contributed by atoms with Gasteiger partial charge in [0.05, 0.1) is 11.8 Å². The third-order valence-corrected chi connectivity index (χ3v) is 2.51. The van der Waals surface area contributed by atoms with Crippen molar-refractivity contribution < 1.29 is 30.4 Å². The normalized spacial score (nSPS) is 12.6. The highest BCUT2D eigenvalue weighted by molar-refractivity contribution is 7.93.